The molecule has 0 unspecified atom stereocenters. The van der Waals surface area contributed by atoms with Crippen LogP contribution in [0.5, 0.6) is 0 Å². The summed E-state index contributed by atoms with van der Waals surface area (Å²) in [6, 6.07) is 7.70. The van der Waals surface area contributed by atoms with Gasteiger partial charge < -0.3 is 4.90 Å². The largest absolute Gasteiger partial charge is 0.309 e. The summed E-state index contributed by atoms with van der Waals surface area (Å²) in [5.41, 5.74) is 0.511. The molecule has 0 saturated carbocycles. The summed E-state index contributed by atoms with van der Waals surface area (Å²) in [6.07, 6.45) is 1.55. The molecule has 3 rings (SSSR count). The molecule has 0 fully saturated rings. The van der Waals surface area contributed by atoms with Crippen LogP contribution >= 0.6 is 0 Å². The molecule has 0 atom stereocenters. The molecule has 25 heavy (non-hydrogen) atoms. The molecular weight excluding hydrogens is 322 g/mol. The lowest BCUT2D eigenvalue weighted by Gasteiger charge is -2.27. The fourth-order valence-electron chi connectivity index (χ4n) is 3.15. The van der Waals surface area contributed by atoms with Gasteiger partial charge in [0.15, 0.2) is 0 Å². The van der Waals surface area contributed by atoms with Crippen LogP contribution in [0.2, 0.25) is 0 Å². The minimum absolute atomic E-state index is 0.144. The Kier molecular flexibility index (Phi) is 4.50. The van der Waals surface area contributed by atoms with Crippen molar-refractivity contribution in [3.05, 3.63) is 51.6 Å². The first kappa shape index (κ1) is 17.0. The van der Waals surface area contributed by atoms with Gasteiger partial charge in [-0.05, 0) is 44.9 Å². The second-order valence-corrected chi connectivity index (χ2v) is 6.43. The van der Waals surface area contributed by atoms with E-state index in [0.29, 0.717) is 29.3 Å². The summed E-state index contributed by atoms with van der Waals surface area (Å²) in [6.45, 7) is 1.18. The van der Waals surface area contributed by atoms with Gasteiger partial charge in [0.1, 0.15) is 0 Å². The van der Waals surface area contributed by atoms with Crippen LogP contribution in [0.15, 0.2) is 30.3 Å². The molecule has 1 aliphatic rings. The first-order valence-electron chi connectivity index (χ1n) is 8.12. The van der Waals surface area contributed by atoms with Crippen molar-refractivity contribution >= 4 is 28.3 Å². The molecule has 0 radical (unpaired) electrons. The summed E-state index contributed by atoms with van der Waals surface area (Å²) in [5, 5.41) is 12.2. The van der Waals surface area contributed by atoms with Gasteiger partial charge in [0.25, 0.3) is 17.5 Å². The van der Waals surface area contributed by atoms with Gasteiger partial charge in [0.05, 0.1) is 10.5 Å². The first-order valence-corrected chi connectivity index (χ1v) is 8.12. The minimum atomic E-state index is -0.520. The van der Waals surface area contributed by atoms with Crippen LogP contribution in [-0.4, -0.2) is 53.7 Å². The highest BCUT2D eigenvalue weighted by molar-refractivity contribution is 6.25. The Morgan fingerprint density at radius 3 is 2.48 bits per heavy atom. The number of imide groups is 1. The second kappa shape index (κ2) is 6.60. The smallest absolute Gasteiger partial charge is 0.270 e. The number of carbonyl (C=O) groups is 2. The number of nitrogens with zero attached hydrogens (tertiary/aromatic N) is 3. The van der Waals surface area contributed by atoms with E-state index in [4.69, 9.17) is 0 Å². The lowest BCUT2D eigenvalue weighted by molar-refractivity contribution is -0.384. The normalized spacial score (nSPS) is 13.8. The maximum atomic E-state index is 12.8. The monoisotopic (exact) mass is 341 g/mol. The molecule has 0 aliphatic carbocycles. The zero-order valence-electron chi connectivity index (χ0n) is 14.2. The standard InChI is InChI=1S/C18H19N3O4/c1-19(2)8-3-4-9-20-17(22)14-7-5-6-12-10-13(21(24)25)11-15(16(12)14)18(20)23/h5-7,10-11H,3-4,8-9H2,1-2H3. The summed E-state index contributed by atoms with van der Waals surface area (Å²) in [4.78, 5) is 39.4. The van der Waals surface area contributed by atoms with Crippen molar-refractivity contribution in [3.8, 4) is 0 Å². The van der Waals surface area contributed by atoms with E-state index in [2.05, 4.69) is 0 Å². The Labute approximate surface area is 145 Å². The third-order valence-electron chi connectivity index (χ3n) is 4.36. The van der Waals surface area contributed by atoms with E-state index in [1.165, 1.54) is 17.0 Å². The van der Waals surface area contributed by atoms with E-state index in [-0.39, 0.29) is 17.2 Å². The van der Waals surface area contributed by atoms with Gasteiger partial charge in [-0.2, -0.15) is 0 Å². The SMILES string of the molecule is CN(C)CCCCN1C(=O)c2cccc3cc([N+](=O)[O-])cc(c23)C1=O. The van der Waals surface area contributed by atoms with Crippen molar-refractivity contribution < 1.29 is 14.5 Å². The van der Waals surface area contributed by atoms with Crippen molar-refractivity contribution in [2.75, 3.05) is 27.2 Å². The molecule has 7 heteroatoms. The summed E-state index contributed by atoms with van der Waals surface area (Å²) in [5.74, 6) is -0.788. The van der Waals surface area contributed by atoms with Crippen LogP contribution in [0.1, 0.15) is 33.6 Å². The zero-order valence-corrected chi connectivity index (χ0v) is 14.2. The van der Waals surface area contributed by atoms with Crippen LogP contribution in [0, 0.1) is 10.1 Å². The fourth-order valence-corrected chi connectivity index (χ4v) is 3.15. The number of rotatable bonds is 6. The number of benzene rings is 2. The van der Waals surface area contributed by atoms with Crippen LogP contribution in [-0.2, 0) is 0 Å². The molecule has 0 N–H and O–H groups in total. The fraction of sp³-hybridized carbons (Fsp3) is 0.333. The van der Waals surface area contributed by atoms with Gasteiger partial charge in [-0.1, -0.05) is 12.1 Å². The minimum Gasteiger partial charge on any atom is -0.309 e. The lowest BCUT2D eigenvalue weighted by atomic mass is 9.93. The Hall–Kier alpha value is -2.80. The number of nitro groups is 1. The number of hydrogen-bond acceptors (Lipinski definition) is 5. The highest BCUT2D eigenvalue weighted by atomic mass is 16.6. The predicted molar refractivity (Wildman–Crippen MR) is 93.8 cm³/mol. The van der Waals surface area contributed by atoms with Gasteiger partial charge in [0, 0.05) is 29.6 Å². The van der Waals surface area contributed by atoms with Gasteiger partial charge in [-0.25, -0.2) is 0 Å². The number of hydrogen-bond donors (Lipinski definition) is 0. The van der Waals surface area contributed by atoms with Crippen molar-refractivity contribution in [2.24, 2.45) is 0 Å². The molecule has 1 aliphatic heterocycles. The van der Waals surface area contributed by atoms with Crippen molar-refractivity contribution in [3.63, 3.8) is 0 Å². The molecule has 7 nitrogen and oxygen atoms in total. The van der Waals surface area contributed by atoms with Crippen LogP contribution in [0.4, 0.5) is 5.69 Å². The van der Waals surface area contributed by atoms with Gasteiger partial charge in [-0.3, -0.25) is 24.6 Å². The molecule has 2 aromatic rings. The van der Waals surface area contributed by atoms with E-state index >= 15 is 0 Å². The third-order valence-corrected chi connectivity index (χ3v) is 4.36. The summed E-state index contributed by atoms with van der Waals surface area (Å²) < 4.78 is 0. The maximum Gasteiger partial charge on any atom is 0.270 e. The number of amides is 2. The van der Waals surface area contributed by atoms with Crippen LogP contribution < -0.4 is 0 Å². The molecule has 2 amide bonds. The van der Waals surface area contributed by atoms with E-state index in [9.17, 15) is 19.7 Å². The van der Waals surface area contributed by atoms with E-state index in [0.717, 1.165) is 13.0 Å². The van der Waals surface area contributed by atoms with Gasteiger partial charge in [0.2, 0.25) is 0 Å². The summed E-state index contributed by atoms with van der Waals surface area (Å²) in [7, 11) is 3.93. The Balaban J connectivity index is 1.98. The molecule has 0 bridgehead atoms. The Morgan fingerprint density at radius 2 is 1.80 bits per heavy atom. The second-order valence-electron chi connectivity index (χ2n) is 6.43. The van der Waals surface area contributed by atoms with E-state index in [1.54, 1.807) is 18.2 Å². The predicted octanol–water partition coefficient (Wildman–Crippen LogP) is 2.69. The average molecular weight is 341 g/mol. The van der Waals surface area contributed by atoms with Crippen molar-refractivity contribution in [1.82, 2.24) is 9.80 Å². The number of carbonyl (C=O) groups excluding carboxylic acids is 2. The lowest BCUT2D eigenvalue weighted by Crippen LogP contribution is -2.41. The number of unbranched alkanes of at least 4 members (excludes halogenated alkanes) is 1. The zero-order chi connectivity index (χ0) is 18.1. The third kappa shape index (κ3) is 3.10. The number of nitro benzene ring substituents is 1. The molecular formula is C18H19N3O4. The molecule has 130 valence electrons. The average Bonchev–Trinajstić information content (AvgIpc) is 2.58. The highest BCUT2D eigenvalue weighted by Gasteiger charge is 2.33. The van der Waals surface area contributed by atoms with Gasteiger partial charge >= 0.3 is 0 Å². The first-order chi connectivity index (χ1) is 11.9. The topological polar surface area (TPSA) is 83.8 Å². The molecule has 1 heterocycles. The molecule has 0 saturated heterocycles. The summed E-state index contributed by atoms with van der Waals surface area (Å²) >= 11 is 0. The Morgan fingerprint density at radius 1 is 1.08 bits per heavy atom. The van der Waals surface area contributed by atoms with E-state index < -0.39 is 10.8 Å². The van der Waals surface area contributed by atoms with Crippen molar-refractivity contribution in [1.29, 1.82) is 0 Å². The van der Waals surface area contributed by atoms with Gasteiger partial charge in [-0.15, -0.1) is 0 Å². The van der Waals surface area contributed by atoms with E-state index in [1.807, 2.05) is 19.0 Å². The quantitative estimate of drug-likeness (QED) is 0.349. The highest BCUT2D eigenvalue weighted by Crippen LogP contribution is 2.33. The molecule has 0 aromatic heterocycles. The molecule has 0 spiro atoms. The van der Waals surface area contributed by atoms with Crippen LogP contribution in [0.3, 0.4) is 0 Å². The maximum absolute atomic E-state index is 12.8. The Bertz CT molecular complexity index is 876. The molecule has 2 aromatic carbocycles. The van der Waals surface area contributed by atoms with Crippen molar-refractivity contribution in [2.45, 2.75) is 12.8 Å². The van der Waals surface area contributed by atoms with Crippen LogP contribution in [0.25, 0.3) is 10.8 Å². The number of non-ortho nitro benzene ring substituents is 1.